The first kappa shape index (κ1) is 15.6. The molecule has 0 bridgehead atoms. The summed E-state index contributed by atoms with van der Waals surface area (Å²) < 4.78 is 26.5. The fourth-order valence-electron chi connectivity index (χ4n) is 1.38. The number of sulfonamides is 1. The summed E-state index contributed by atoms with van der Waals surface area (Å²) in [5.41, 5.74) is 0.801. The molecule has 0 atom stereocenters. The van der Waals surface area contributed by atoms with Gasteiger partial charge in [0.15, 0.2) is 0 Å². The largest absolute Gasteiger partial charge is 0.308 e. The molecule has 1 aromatic rings. The van der Waals surface area contributed by atoms with Gasteiger partial charge in [0.25, 0.3) is 0 Å². The molecule has 0 aliphatic heterocycles. The summed E-state index contributed by atoms with van der Waals surface area (Å²) in [5.74, 6) is 0.0458. The van der Waals surface area contributed by atoms with Crippen LogP contribution >= 0.6 is 15.9 Å². The number of likely N-dealkylation sites (N-methyl/N-ethyl adjacent to an activating group) is 2. The van der Waals surface area contributed by atoms with Crippen molar-refractivity contribution < 1.29 is 8.42 Å². The predicted molar refractivity (Wildman–Crippen MR) is 77.9 cm³/mol. The number of halogens is 1. The van der Waals surface area contributed by atoms with Gasteiger partial charge in [0, 0.05) is 24.6 Å². The summed E-state index contributed by atoms with van der Waals surface area (Å²) in [4.78, 5) is 1.96. The molecule has 0 aliphatic rings. The van der Waals surface area contributed by atoms with Crippen LogP contribution in [0.4, 0.5) is 0 Å². The molecule has 102 valence electrons. The number of hydrogen-bond acceptors (Lipinski definition) is 3. The SMILES string of the molecule is CN(C)CCN(C)S(=O)(=O)Cc1ccc(Br)cc1. The zero-order valence-corrected chi connectivity index (χ0v) is 13.3. The van der Waals surface area contributed by atoms with E-state index in [-0.39, 0.29) is 5.75 Å². The zero-order chi connectivity index (χ0) is 13.8. The minimum Gasteiger partial charge on any atom is -0.308 e. The molecule has 0 radical (unpaired) electrons. The topological polar surface area (TPSA) is 40.6 Å². The van der Waals surface area contributed by atoms with Gasteiger partial charge in [0.1, 0.15) is 0 Å². The fourth-order valence-corrected chi connectivity index (χ4v) is 2.84. The van der Waals surface area contributed by atoms with Crippen molar-refractivity contribution in [3.63, 3.8) is 0 Å². The van der Waals surface area contributed by atoms with Gasteiger partial charge >= 0.3 is 0 Å². The smallest absolute Gasteiger partial charge is 0.218 e. The highest BCUT2D eigenvalue weighted by molar-refractivity contribution is 9.10. The normalized spacial score (nSPS) is 12.3. The van der Waals surface area contributed by atoms with E-state index in [1.54, 1.807) is 7.05 Å². The van der Waals surface area contributed by atoms with Gasteiger partial charge in [0.2, 0.25) is 10.0 Å². The molecule has 0 aliphatic carbocycles. The summed E-state index contributed by atoms with van der Waals surface area (Å²) in [6.45, 7) is 1.22. The van der Waals surface area contributed by atoms with Crippen LogP contribution in [-0.2, 0) is 15.8 Å². The second-order valence-electron chi connectivity index (χ2n) is 4.51. The Labute approximate surface area is 118 Å². The quantitative estimate of drug-likeness (QED) is 0.796. The van der Waals surface area contributed by atoms with Crippen molar-refractivity contribution in [2.45, 2.75) is 5.75 Å². The van der Waals surface area contributed by atoms with Gasteiger partial charge in [-0.3, -0.25) is 0 Å². The maximum Gasteiger partial charge on any atom is 0.218 e. The van der Waals surface area contributed by atoms with Gasteiger partial charge in [0.05, 0.1) is 5.75 Å². The number of hydrogen-bond donors (Lipinski definition) is 0. The van der Waals surface area contributed by atoms with Crippen molar-refractivity contribution >= 4 is 26.0 Å². The Kier molecular flexibility index (Phi) is 5.78. The number of benzene rings is 1. The van der Waals surface area contributed by atoms with E-state index in [1.165, 1.54) is 4.31 Å². The first-order valence-corrected chi connectivity index (χ1v) is 8.04. The highest BCUT2D eigenvalue weighted by Gasteiger charge is 2.18. The monoisotopic (exact) mass is 334 g/mol. The average molecular weight is 335 g/mol. The number of rotatable bonds is 6. The average Bonchev–Trinajstić information content (AvgIpc) is 2.28. The second kappa shape index (κ2) is 6.65. The summed E-state index contributed by atoms with van der Waals surface area (Å²) >= 11 is 3.33. The lowest BCUT2D eigenvalue weighted by Crippen LogP contribution is -2.34. The number of nitrogens with zero attached hydrogens (tertiary/aromatic N) is 2. The minimum absolute atomic E-state index is 0.0458. The Morgan fingerprint density at radius 1 is 1.06 bits per heavy atom. The molecule has 0 unspecified atom stereocenters. The Hall–Kier alpha value is -0.430. The van der Waals surface area contributed by atoms with Crippen LogP contribution in [0.15, 0.2) is 28.7 Å². The van der Waals surface area contributed by atoms with Crippen LogP contribution in [0.5, 0.6) is 0 Å². The lowest BCUT2D eigenvalue weighted by Gasteiger charge is -2.19. The summed E-state index contributed by atoms with van der Waals surface area (Å²) in [5, 5.41) is 0. The fraction of sp³-hybridized carbons (Fsp3) is 0.500. The Morgan fingerprint density at radius 2 is 1.61 bits per heavy atom. The molecule has 18 heavy (non-hydrogen) atoms. The lowest BCUT2D eigenvalue weighted by atomic mass is 10.2. The molecule has 0 fully saturated rings. The highest BCUT2D eigenvalue weighted by atomic mass is 79.9. The van der Waals surface area contributed by atoms with Crippen LogP contribution in [0.25, 0.3) is 0 Å². The first-order valence-electron chi connectivity index (χ1n) is 5.64. The van der Waals surface area contributed by atoms with Crippen LogP contribution in [0.2, 0.25) is 0 Å². The molecule has 0 amide bonds. The van der Waals surface area contributed by atoms with Crippen molar-refractivity contribution in [3.05, 3.63) is 34.3 Å². The van der Waals surface area contributed by atoms with E-state index >= 15 is 0 Å². The summed E-state index contributed by atoms with van der Waals surface area (Å²) in [6, 6.07) is 7.35. The zero-order valence-electron chi connectivity index (χ0n) is 10.9. The van der Waals surface area contributed by atoms with Gasteiger partial charge < -0.3 is 4.90 Å². The molecule has 0 spiro atoms. The Balaban J connectivity index is 2.66. The molecule has 4 nitrogen and oxygen atoms in total. The maximum atomic E-state index is 12.1. The molecule has 0 N–H and O–H groups in total. The molecule has 0 saturated carbocycles. The Bertz CT molecular complexity index is 471. The standard InChI is InChI=1S/C12H19BrN2O2S/c1-14(2)8-9-15(3)18(16,17)10-11-4-6-12(13)7-5-11/h4-7H,8-10H2,1-3H3. The van der Waals surface area contributed by atoms with Gasteiger partial charge in [-0.05, 0) is 31.8 Å². The van der Waals surface area contributed by atoms with E-state index in [0.717, 1.165) is 16.6 Å². The second-order valence-corrected chi connectivity index (χ2v) is 7.50. The van der Waals surface area contributed by atoms with Crippen LogP contribution in [-0.4, -0.2) is 51.9 Å². The molecule has 0 saturated heterocycles. The molecule has 1 rings (SSSR count). The summed E-state index contributed by atoms with van der Waals surface area (Å²) in [6.07, 6.45) is 0. The van der Waals surface area contributed by atoms with Crippen molar-refractivity contribution in [1.29, 1.82) is 0 Å². The van der Waals surface area contributed by atoms with Crippen LogP contribution in [0, 0.1) is 0 Å². The molecular weight excluding hydrogens is 316 g/mol. The van der Waals surface area contributed by atoms with Crippen LogP contribution in [0.1, 0.15) is 5.56 Å². The van der Waals surface area contributed by atoms with E-state index in [1.807, 2.05) is 43.3 Å². The molecule has 0 heterocycles. The van der Waals surface area contributed by atoms with Crippen molar-refractivity contribution in [2.75, 3.05) is 34.2 Å². The third kappa shape index (κ3) is 5.06. The van der Waals surface area contributed by atoms with Crippen LogP contribution < -0.4 is 0 Å². The van der Waals surface area contributed by atoms with Crippen molar-refractivity contribution in [1.82, 2.24) is 9.21 Å². The third-order valence-electron chi connectivity index (χ3n) is 2.60. The highest BCUT2D eigenvalue weighted by Crippen LogP contribution is 2.14. The van der Waals surface area contributed by atoms with E-state index < -0.39 is 10.0 Å². The Morgan fingerprint density at radius 3 is 2.11 bits per heavy atom. The predicted octanol–water partition coefficient (Wildman–Crippen LogP) is 1.77. The van der Waals surface area contributed by atoms with Crippen molar-refractivity contribution in [3.8, 4) is 0 Å². The molecule has 6 heteroatoms. The third-order valence-corrected chi connectivity index (χ3v) is 4.96. The van der Waals surface area contributed by atoms with Gasteiger partial charge in [-0.25, -0.2) is 12.7 Å². The molecule has 0 aromatic heterocycles. The van der Waals surface area contributed by atoms with Crippen molar-refractivity contribution in [2.24, 2.45) is 0 Å². The van der Waals surface area contributed by atoms with Gasteiger partial charge in [-0.2, -0.15) is 0 Å². The van der Waals surface area contributed by atoms with E-state index in [4.69, 9.17) is 0 Å². The first-order chi connectivity index (χ1) is 8.31. The van der Waals surface area contributed by atoms with Gasteiger partial charge in [-0.15, -0.1) is 0 Å². The summed E-state index contributed by atoms with van der Waals surface area (Å²) in [7, 11) is 2.24. The van der Waals surface area contributed by atoms with E-state index in [9.17, 15) is 8.42 Å². The van der Waals surface area contributed by atoms with E-state index in [2.05, 4.69) is 15.9 Å². The maximum absolute atomic E-state index is 12.1. The van der Waals surface area contributed by atoms with E-state index in [0.29, 0.717) is 6.54 Å². The van der Waals surface area contributed by atoms with Crippen LogP contribution in [0.3, 0.4) is 0 Å². The van der Waals surface area contributed by atoms with Gasteiger partial charge in [-0.1, -0.05) is 28.1 Å². The molecular formula is C12H19BrN2O2S. The minimum atomic E-state index is -3.23. The lowest BCUT2D eigenvalue weighted by molar-refractivity contribution is 0.358. The molecule has 1 aromatic carbocycles.